The number of likely N-dealkylation sites (tertiary alicyclic amines) is 1. The highest BCUT2D eigenvalue weighted by atomic mass is 16.4. The maximum Gasteiger partial charge on any atom is 0.451 e. The van der Waals surface area contributed by atoms with Gasteiger partial charge in [-0.1, -0.05) is 36.6 Å². The molecule has 1 unspecified atom stereocenters. The summed E-state index contributed by atoms with van der Waals surface area (Å²) in [5.41, 5.74) is 9.39. The number of unbranched alkanes of at least 4 members (excludes halogenated alkanes) is 1. The van der Waals surface area contributed by atoms with Crippen LogP contribution in [0.15, 0.2) is 18.2 Å². The minimum atomic E-state index is -1.34. The van der Waals surface area contributed by atoms with Crippen LogP contribution >= 0.6 is 0 Å². The first-order chi connectivity index (χ1) is 13.8. The highest BCUT2D eigenvalue weighted by molar-refractivity contribution is 6.40. The van der Waals surface area contributed by atoms with E-state index in [4.69, 9.17) is 15.8 Å². The lowest BCUT2D eigenvalue weighted by Crippen LogP contribution is -2.57. The quantitative estimate of drug-likeness (QED) is 0.393. The number of carboxylic acids is 1. The number of carbonyl (C=O) groups is 1. The molecule has 3 rings (SSSR count). The normalized spacial score (nSPS) is 22.7. The van der Waals surface area contributed by atoms with Gasteiger partial charge in [-0.25, -0.2) is 0 Å². The van der Waals surface area contributed by atoms with Gasteiger partial charge in [-0.3, -0.25) is 9.69 Å². The van der Waals surface area contributed by atoms with Crippen LogP contribution < -0.4 is 5.73 Å². The van der Waals surface area contributed by atoms with Gasteiger partial charge in [0.05, 0.1) is 0 Å². The van der Waals surface area contributed by atoms with Gasteiger partial charge in [-0.05, 0) is 81.9 Å². The molecule has 0 aromatic heterocycles. The fourth-order valence-corrected chi connectivity index (χ4v) is 5.23. The first-order valence-electron chi connectivity index (χ1n) is 11.0. The van der Waals surface area contributed by atoms with E-state index >= 15 is 0 Å². The zero-order valence-corrected chi connectivity index (χ0v) is 17.5. The molecule has 0 spiro atoms. The Morgan fingerprint density at radius 1 is 1.24 bits per heavy atom. The van der Waals surface area contributed by atoms with Gasteiger partial charge in [0.15, 0.2) is 0 Å². The largest absolute Gasteiger partial charge is 0.480 e. The third-order valence-electron chi connectivity index (χ3n) is 6.98. The van der Waals surface area contributed by atoms with Crippen LogP contribution in [-0.2, 0) is 11.2 Å². The molecule has 0 saturated carbocycles. The lowest BCUT2D eigenvalue weighted by molar-refractivity contribution is -0.147. The monoisotopic (exact) mass is 402 g/mol. The third kappa shape index (κ3) is 5.20. The zero-order chi connectivity index (χ0) is 21.0. The Bertz CT molecular complexity index is 706. The summed E-state index contributed by atoms with van der Waals surface area (Å²) in [5.74, 6) is -0.977. The number of nitrogens with two attached hydrogens (primary N) is 1. The number of hydrogen-bond acceptors (Lipinski definition) is 5. The van der Waals surface area contributed by atoms with Crippen LogP contribution in [0.25, 0.3) is 0 Å². The van der Waals surface area contributed by atoms with Gasteiger partial charge in [0.1, 0.15) is 5.54 Å². The number of benzene rings is 1. The molecule has 160 valence electrons. The SMILES string of the molecule is Cc1ccc2c(c1)C(N1CCC([C@](N)(CCCCB(O)O)C(=O)O)CC1)CCC2. The highest BCUT2D eigenvalue weighted by Crippen LogP contribution is 2.39. The molecule has 1 saturated heterocycles. The molecule has 1 aromatic carbocycles. The Labute approximate surface area is 174 Å². The molecular formula is C22H35BN2O4. The topological polar surface area (TPSA) is 107 Å². The maximum absolute atomic E-state index is 12.0. The summed E-state index contributed by atoms with van der Waals surface area (Å²) in [6.07, 6.45) is 6.91. The number of aliphatic carboxylic acids is 1. The second-order valence-corrected chi connectivity index (χ2v) is 8.99. The molecule has 1 aliphatic heterocycles. The number of nitrogens with zero attached hydrogens (tertiary/aromatic N) is 1. The molecular weight excluding hydrogens is 367 g/mol. The molecule has 1 heterocycles. The predicted octanol–water partition coefficient (Wildman–Crippen LogP) is 2.51. The van der Waals surface area contributed by atoms with Crippen LogP contribution in [0.4, 0.5) is 0 Å². The van der Waals surface area contributed by atoms with E-state index < -0.39 is 18.6 Å². The van der Waals surface area contributed by atoms with E-state index in [2.05, 4.69) is 30.0 Å². The van der Waals surface area contributed by atoms with Crippen molar-refractivity contribution in [3.63, 3.8) is 0 Å². The Kier molecular flexibility index (Phi) is 7.38. The molecule has 2 aliphatic rings. The molecule has 1 fully saturated rings. The van der Waals surface area contributed by atoms with E-state index in [1.807, 2.05) is 0 Å². The Balaban J connectivity index is 1.62. The van der Waals surface area contributed by atoms with Crippen molar-refractivity contribution in [3.8, 4) is 0 Å². The van der Waals surface area contributed by atoms with Crippen molar-refractivity contribution < 1.29 is 19.9 Å². The van der Waals surface area contributed by atoms with Crippen LogP contribution in [0.2, 0.25) is 6.32 Å². The maximum atomic E-state index is 12.0. The first-order valence-corrected chi connectivity index (χ1v) is 11.0. The lowest BCUT2D eigenvalue weighted by Gasteiger charge is -2.44. The van der Waals surface area contributed by atoms with Crippen molar-refractivity contribution in [2.24, 2.45) is 11.7 Å². The van der Waals surface area contributed by atoms with Gasteiger partial charge >= 0.3 is 13.1 Å². The molecule has 29 heavy (non-hydrogen) atoms. The fourth-order valence-electron chi connectivity index (χ4n) is 5.23. The summed E-state index contributed by atoms with van der Waals surface area (Å²) >= 11 is 0. The Hall–Kier alpha value is -1.41. The van der Waals surface area contributed by atoms with Crippen molar-refractivity contribution in [1.29, 1.82) is 0 Å². The average molecular weight is 402 g/mol. The standard InChI is InChI=1S/C22H35BN2O4/c1-16-7-8-17-5-4-6-20(19(17)15-16)25-13-9-18(10-14-25)22(24,21(26)27)11-2-3-12-23(28)29/h7-8,15,18,20,28-29H,2-6,9-14,24H2,1H3,(H,26,27)/t20?,22-/m1/s1. The van der Waals surface area contributed by atoms with Crippen molar-refractivity contribution in [2.45, 2.75) is 76.2 Å². The van der Waals surface area contributed by atoms with Crippen molar-refractivity contribution in [3.05, 3.63) is 34.9 Å². The van der Waals surface area contributed by atoms with Gasteiger partial charge in [-0.2, -0.15) is 0 Å². The molecule has 5 N–H and O–H groups in total. The number of hydrogen-bond donors (Lipinski definition) is 4. The van der Waals surface area contributed by atoms with Gasteiger partial charge in [-0.15, -0.1) is 0 Å². The number of piperidine rings is 1. The summed E-state index contributed by atoms with van der Waals surface area (Å²) in [6.45, 7) is 3.90. The summed E-state index contributed by atoms with van der Waals surface area (Å²) < 4.78 is 0. The first kappa shape index (κ1) is 22.3. The fraction of sp³-hybridized carbons (Fsp3) is 0.682. The molecule has 0 amide bonds. The van der Waals surface area contributed by atoms with Gasteiger partial charge in [0.2, 0.25) is 0 Å². The molecule has 6 nitrogen and oxygen atoms in total. The number of aryl methyl sites for hydroxylation is 2. The highest BCUT2D eigenvalue weighted by Gasteiger charge is 2.43. The summed E-state index contributed by atoms with van der Waals surface area (Å²) in [7, 11) is -1.34. The van der Waals surface area contributed by atoms with Crippen molar-refractivity contribution in [2.75, 3.05) is 13.1 Å². The number of fused-ring (bicyclic) bond motifs is 1. The molecule has 1 aliphatic carbocycles. The van der Waals surface area contributed by atoms with E-state index in [9.17, 15) is 9.90 Å². The molecule has 2 atom stereocenters. The van der Waals surface area contributed by atoms with Gasteiger partial charge < -0.3 is 20.9 Å². The predicted molar refractivity (Wildman–Crippen MR) is 115 cm³/mol. The Morgan fingerprint density at radius 2 is 1.97 bits per heavy atom. The number of carboxylic acid groups (broad SMARTS) is 1. The zero-order valence-electron chi connectivity index (χ0n) is 17.5. The van der Waals surface area contributed by atoms with Crippen LogP contribution in [0, 0.1) is 12.8 Å². The van der Waals surface area contributed by atoms with Crippen LogP contribution in [0.5, 0.6) is 0 Å². The lowest BCUT2D eigenvalue weighted by atomic mass is 9.73. The van der Waals surface area contributed by atoms with Crippen molar-refractivity contribution in [1.82, 2.24) is 4.90 Å². The number of rotatable bonds is 8. The molecule has 0 bridgehead atoms. The minimum Gasteiger partial charge on any atom is -0.480 e. The molecule has 7 heteroatoms. The van der Waals surface area contributed by atoms with Crippen LogP contribution in [0.3, 0.4) is 0 Å². The smallest absolute Gasteiger partial charge is 0.451 e. The van der Waals surface area contributed by atoms with E-state index in [0.717, 1.165) is 38.8 Å². The average Bonchev–Trinajstić information content (AvgIpc) is 2.70. The van der Waals surface area contributed by atoms with Gasteiger partial charge in [0, 0.05) is 6.04 Å². The minimum absolute atomic E-state index is 0.0455. The van der Waals surface area contributed by atoms with E-state index in [-0.39, 0.29) is 12.2 Å². The van der Waals surface area contributed by atoms with Gasteiger partial charge in [0.25, 0.3) is 0 Å². The second kappa shape index (κ2) is 9.60. The van der Waals surface area contributed by atoms with E-state index in [0.29, 0.717) is 25.3 Å². The molecule has 0 radical (unpaired) electrons. The molecule has 1 aromatic rings. The summed E-state index contributed by atoms with van der Waals surface area (Å²) in [4.78, 5) is 14.5. The van der Waals surface area contributed by atoms with E-state index in [1.54, 1.807) is 0 Å². The van der Waals surface area contributed by atoms with Crippen LogP contribution in [0.1, 0.15) is 67.7 Å². The Morgan fingerprint density at radius 3 is 2.62 bits per heavy atom. The van der Waals surface area contributed by atoms with E-state index in [1.165, 1.54) is 23.1 Å². The van der Waals surface area contributed by atoms with Crippen molar-refractivity contribution >= 4 is 13.1 Å². The second-order valence-electron chi connectivity index (χ2n) is 8.99. The summed E-state index contributed by atoms with van der Waals surface area (Å²) in [6, 6.07) is 7.22. The van der Waals surface area contributed by atoms with Crippen LogP contribution in [-0.4, -0.2) is 51.8 Å². The summed E-state index contributed by atoms with van der Waals surface area (Å²) in [5, 5.41) is 27.8. The third-order valence-corrected chi connectivity index (χ3v) is 6.98.